The van der Waals surface area contributed by atoms with Crippen molar-refractivity contribution in [1.82, 2.24) is 4.98 Å². The number of methoxy groups -OCH3 is 1. The van der Waals surface area contributed by atoms with Crippen LogP contribution in [-0.4, -0.2) is 25.0 Å². The predicted molar refractivity (Wildman–Crippen MR) is 78.8 cm³/mol. The normalized spacial score (nSPS) is 10.2. The van der Waals surface area contributed by atoms with E-state index in [9.17, 15) is 9.18 Å². The van der Waals surface area contributed by atoms with Crippen molar-refractivity contribution in [3.63, 3.8) is 0 Å². The summed E-state index contributed by atoms with van der Waals surface area (Å²) in [7, 11) is 3.20. The number of pyridine rings is 1. The summed E-state index contributed by atoms with van der Waals surface area (Å²) in [4.78, 5) is 16.2. The molecule has 0 saturated carbocycles. The average Bonchev–Trinajstić information content (AvgIpc) is 2.49. The van der Waals surface area contributed by atoms with Gasteiger partial charge in [0.1, 0.15) is 11.6 Å². The molecule has 110 valence electrons. The summed E-state index contributed by atoms with van der Waals surface area (Å²) in [5.74, 6) is -0.683. The van der Waals surface area contributed by atoms with Gasteiger partial charge in [-0.25, -0.2) is 9.37 Å². The summed E-state index contributed by atoms with van der Waals surface area (Å²) in [6, 6.07) is 8.41. The maximum Gasteiger partial charge on any atom is 0.259 e. The van der Waals surface area contributed by atoms with Gasteiger partial charge in [0.05, 0.1) is 18.4 Å². The zero-order valence-corrected chi connectivity index (χ0v) is 11.8. The number of carbonyl (C=O) groups excluding carboxylic acids is 1. The second-order valence-electron chi connectivity index (χ2n) is 4.34. The standard InChI is InChI=1S/C15H16FN3O2/c1-17-14-12(7-11(16)8-18-14)15(20)19-13-6-4-3-5-10(13)9-21-2/h3-8H,9H2,1-2H3,(H,17,18)(H,19,20). The molecule has 2 N–H and O–H groups in total. The fourth-order valence-electron chi connectivity index (χ4n) is 1.92. The average molecular weight is 289 g/mol. The van der Waals surface area contributed by atoms with E-state index < -0.39 is 11.7 Å². The third-order valence-electron chi connectivity index (χ3n) is 2.90. The van der Waals surface area contributed by atoms with Crippen molar-refractivity contribution in [2.24, 2.45) is 0 Å². The van der Waals surface area contributed by atoms with Gasteiger partial charge < -0.3 is 15.4 Å². The molecule has 0 atom stereocenters. The van der Waals surface area contributed by atoms with Gasteiger partial charge in [-0.2, -0.15) is 0 Å². The second kappa shape index (κ2) is 6.81. The Kier molecular flexibility index (Phi) is 4.84. The van der Waals surface area contributed by atoms with E-state index in [1.165, 1.54) is 0 Å². The molecular weight excluding hydrogens is 273 g/mol. The molecule has 0 bridgehead atoms. The van der Waals surface area contributed by atoms with Crippen molar-refractivity contribution in [3.8, 4) is 0 Å². The van der Waals surface area contributed by atoms with Crippen LogP contribution in [0, 0.1) is 5.82 Å². The van der Waals surface area contributed by atoms with E-state index in [4.69, 9.17) is 4.74 Å². The lowest BCUT2D eigenvalue weighted by Gasteiger charge is -2.12. The van der Waals surface area contributed by atoms with Crippen molar-refractivity contribution in [2.45, 2.75) is 6.61 Å². The molecule has 0 spiro atoms. The minimum absolute atomic E-state index is 0.143. The number of carbonyl (C=O) groups is 1. The number of nitrogens with one attached hydrogen (secondary N) is 2. The lowest BCUT2D eigenvalue weighted by atomic mass is 10.1. The van der Waals surface area contributed by atoms with E-state index in [-0.39, 0.29) is 5.56 Å². The fourth-order valence-corrected chi connectivity index (χ4v) is 1.92. The molecule has 1 aromatic heterocycles. The van der Waals surface area contributed by atoms with Crippen LogP contribution in [0.3, 0.4) is 0 Å². The molecule has 2 aromatic rings. The third-order valence-corrected chi connectivity index (χ3v) is 2.90. The van der Waals surface area contributed by atoms with Gasteiger partial charge in [0, 0.05) is 25.4 Å². The van der Waals surface area contributed by atoms with Gasteiger partial charge in [0.2, 0.25) is 0 Å². The molecule has 0 aliphatic rings. The van der Waals surface area contributed by atoms with Crippen LogP contribution in [0.4, 0.5) is 15.9 Å². The highest BCUT2D eigenvalue weighted by atomic mass is 19.1. The van der Waals surface area contributed by atoms with Gasteiger partial charge in [0.25, 0.3) is 5.91 Å². The highest BCUT2D eigenvalue weighted by Crippen LogP contribution is 2.19. The summed E-state index contributed by atoms with van der Waals surface area (Å²) in [5.41, 5.74) is 1.60. The number of aromatic nitrogens is 1. The van der Waals surface area contributed by atoms with Crippen LogP contribution < -0.4 is 10.6 Å². The first-order chi connectivity index (χ1) is 10.2. The van der Waals surface area contributed by atoms with Crippen molar-refractivity contribution in [1.29, 1.82) is 0 Å². The van der Waals surface area contributed by atoms with Crippen molar-refractivity contribution in [3.05, 3.63) is 53.5 Å². The van der Waals surface area contributed by atoms with E-state index in [0.717, 1.165) is 17.8 Å². The van der Waals surface area contributed by atoms with Crippen LogP contribution in [0.1, 0.15) is 15.9 Å². The largest absolute Gasteiger partial charge is 0.380 e. The Balaban J connectivity index is 2.28. The van der Waals surface area contributed by atoms with Gasteiger partial charge >= 0.3 is 0 Å². The number of para-hydroxylation sites is 1. The van der Waals surface area contributed by atoms with E-state index in [2.05, 4.69) is 15.6 Å². The van der Waals surface area contributed by atoms with Crippen LogP contribution in [-0.2, 0) is 11.3 Å². The SMILES string of the molecule is CNc1ncc(F)cc1C(=O)Nc1ccccc1COC. The lowest BCUT2D eigenvalue weighted by molar-refractivity contribution is 0.102. The number of hydrogen-bond donors (Lipinski definition) is 2. The molecular formula is C15H16FN3O2. The Hall–Kier alpha value is -2.47. The fraction of sp³-hybridized carbons (Fsp3) is 0.200. The topological polar surface area (TPSA) is 63.2 Å². The van der Waals surface area contributed by atoms with Crippen molar-refractivity contribution >= 4 is 17.4 Å². The molecule has 2 rings (SSSR count). The molecule has 0 aliphatic carbocycles. The predicted octanol–water partition coefficient (Wildman–Crippen LogP) is 2.66. The Bertz CT molecular complexity index is 647. The number of amides is 1. The lowest BCUT2D eigenvalue weighted by Crippen LogP contribution is -2.16. The highest BCUT2D eigenvalue weighted by Gasteiger charge is 2.14. The minimum atomic E-state index is -0.565. The number of rotatable bonds is 5. The molecule has 0 fully saturated rings. The summed E-state index contributed by atoms with van der Waals surface area (Å²) in [6.07, 6.45) is 1.06. The van der Waals surface area contributed by atoms with E-state index in [1.54, 1.807) is 26.3 Å². The van der Waals surface area contributed by atoms with Crippen molar-refractivity contribution in [2.75, 3.05) is 24.8 Å². The Morgan fingerprint density at radius 3 is 2.86 bits per heavy atom. The molecule has 1 heterocycles. The highest BCUT2D eigenvalue weighted by molar-refractivity contribution is 6.07. The third kappa shape index (κ3) is 3.55. The molecule has 0 unspecified atom stereocenters. The van der Waals surface area contributed by atoms with E-state index >= 15 is 0 Å². The summed E-state index contributed by atoms with van der Waals surface area (Å²) >= 11 is 0. The van der Waals surface area contributed by atoms with Crippen LogP contribution in [0.25, 0.3) is 0 Å². The Morgan fingerprint density at radius 1 is 1.38 bits per heavy atom. The minimum Gasteiger partial charge on any atom is -0.380 e. The number of halogens is 1. The van der Waals surface area contributed by atoms with Crippen molar-refractivity contribution < 1.29 is 13.9 Å². The number of benzene rings is 1. The first kappa shape index (κ1) is 14.9. The monoisotopic (exact) mass is 289 g/mol. The molecule has 0 radical (unpaired) electrons. The zero-order chi connectivity index (χ0) is 15.2. The molecule has 5 nitrogen and oxygen atoms in total. The maximum absolute atomic E-state index is 13.3. The Labute approximate surface area is 122 Å². The smallest absolute Gasteiger partial charge is 0.259 e. The van der Waals surface area contributed by atoms with Crippen LogP contribution >= 0.6 is 0 Å². The quantitative estimate of drug-likeness (QED) is 0.888. The molecule has 1 amide bonds. The van der Waals surface area contributed by atoms with Crippen LogP contribution in [0.5, 0.6) is 0 Å². The number of ether oxygens (including phenoxy) is 1. The first-order valence-electron chi connectivity index (χ1n) is 6.37. The van der Waals surface area contributed by atoms with Gasteiger partial charge in [-0.1, -0.05) is 18.2 Å². The molecule has 6 heteroatoms. The molecule has 21 heavy (non-hydrogen) atoms. The maximum atomic E-state index is 13.3. The Morgan fingerprint density at radius 2 is 2.14 bits per heavy atom. The number of anilines is 2. The summed E-state index contributed by atoms with van der Waals surface area (Å²) in [6.45, 7) is 0.372. The molecule has 1 aromatic carbocycles. The zero-order valence-electron chi connectivity index (χ0n) is 11.8. The molecule has 0 saturated heterocycles. The molecule has 0 aliphatic heterocycles. The van der Waals surface area contributed by atoms with Gasteiger partial charge in [0.15, 0.2) is 0 Å². The van der Waals surface area contributed by atoms with Gasteiger partial charge in [-0.05, 0) is 12.1 Å². The first-order valence-corrected chi connectivity index (χ1v) is 6.37. The summed E-state index contributed by atoms with van der Waals surface area (Å²) < 4.78 is 18.4. The number of nitrogens with zero attached hydrogens (tertiary/aromatic N) is 1. The van der Waals surface area contributed by atoms with E-state index in [0.29, 0.717) is 18.1 Å². The van der Waals surface area contributed by atoms with Crippen LogP contribution in [0.15, 0.2) is 36.5 Å². The van der Waals surface area contributed by atoms with E-state index in [1.807, 2.05) is 12.1 Å². The van der Waals surface area contributed by atoms with Gasteiger partial charge in [-0.3, -0.25) is 4.79 Å². The van der Waals surface area contributed by atoms with Crippen LogP contribution in [0.2, 0.25) is 0 Å². The van der Waals surface area contributed by atoms with Gasteiger partial charge in [-0.15, -0.1) is 0 Å². The summed E-state index contributed by atoms with van der Waals surface area (Å²) in [5, 5.41) is 5.51. The number of hydrogen-bond acceptors (Lipinski definition) is 4. The second-order valence-corrected chi connectivity index (χ2v) is 4.34.